The minimum Gasteiger partial charge on any atom is -0.495 e. The Labute approximate surface area is 258 Å². The molecule has 3 aromatic carbocycles. The monoisotopic (exact) mass is 596 g/mol. The molecular formula is C34H40N6O4. The van der Waals surface area contributed by atoms with Gasteiger partial charge in [0.25, 0.3) is 0 Å². The van der Waals surface area contributed by atoms with Crippen LogP contribution in [-0.2, 0) is 16.1 Å². The SMILES string of the molecule is COc1ccc(CN(C)C)cc1NC(=O)[C@H](NC(=O)N1CCN(c2ccccc2C)C(=O)C1)[C@@H](C)c1c[nH]c2ccccc12. The van der Waals surface area contributed by atoms with Crippen molar-refractivity contribution in [2.24, 2.45) is 0 Å². The molecule has 44 heavy (non-hydrogen) atoms. The number of carbonyl (C=O) groups is 3. The van der Waals surface area contributed by atoms with Gasteiger partial charge in [-0.05, 0) is 62.0 Å². The zero-order valence-corrected chi connectivity index (χ0v) is 25.9. The number of urea groups is 1. The number of anilines is 2. The van der Waals surface area contributed by atoms with Crippen molar-refractivity contribution in [2.45, 2.75) is 32.4 Å². The lowest BCUT2D eigenvalue weighted by molar-refractivity contribution is -0.120. The van der Waals surface area contributed by atoms with E-state index in [9.17, 15) is 14.4 Å². The van der Waals surface area contributed by atoms with Gasteiger partial charge in [-0.25, -0.2) is 4.79 Å². The number of methoxy groups -OCH3 is 1. The van der Waals surface area contributed by atoms with Gasteiger partial charge in [0.05, 0.1) is 12.8 Å². The minimum absolute atomic E-state index is 0.0869. The first-order valence-corrected chi connectivity index (χ1v) is 14.8. The first kappa shape index (κ1) is 30.6. The average molecular weight is 597 g/mol. The van der Waals surface area contributed by atoms with E-state index in [0.717, 1.165) is 33.3 Å². The van der Waals surface area contributed by atoms with Crippen LogP contribution in [0.3, 0.4) is 0 Å². The molecule has 1 fully saturated rings. The predicted octanol–water partition coefficient (Wildman–Crippen LogP) is 4.72. The first-order chi connectivity index (χ1) is 21.2. The number of hydrogen-bond donors (Lipinski definition) is 3. The number of ether oxygens (including phenoxy) is 1. The highest BCUT2D eigenvalue weighted by Crippen LogP contribution is 2.31. The molecule has 5 rings (SSSR count). The number of piperazine rings is 1. The quantitative estimate of drug-likeness (QED) is 0.259. The first-order valence-electron chi connectivity index (χ1n) is 14.8. The molecule has 3 N–H and O–H groups in total. The molecule has 1 aliphatic rings. The van der Waals surface area contributed by atoms with Crippen LogP contribution in [0.4, 0.5) is 16.2 Å². The van der Waals surface area contributed by atoms with E-state index in [1.165, 1.54) is 4.90 Å². The molecular weight excluding hydrogens is 556 g/mol. The number of aryl methyl sites for hydroxylation is 1. The fraction of sp³-hybridized carbons (Fsp3) is 0.324. The van der Waals surface area contributed by atoms with Gasteiger partial charge in [0, 0.05) is 48.3 Å². The topological polar surface area (TPSA) is 110 Å². The second-order valence-corrected chi connectivity index (χ2v) is 11.5. The van der Waals surface area contributed by atoms with Crippen LogP contribution < -0.4 is 20.3 Å². The van der Waals surface area contributed by atoms with Crippen LogP contribution in [0.15, 0.2) is 72.9 Å². The van der Waals surface area contributed by atoms with Gasteiger partial charge in [0.15, 0.2) is 0 Å². The molecule has 230 valence electrons. The summed E-state index contributed by atoms with van der Waals surface area (Å²) in [6, 6.07) is 19.8. The third-order valence-corrected chi connectivity index (χ3v) is 8.11. The summed E-state index contributed by atoms with van der Waals surface area (Å²) in [5, 5.41) is 6.96. The van der Waals surface area contributed by atoms with Crippen molar-refractivity contribution >= 4 is 40.1 Å². The predicted molar refractivity (Wildman–Crippen MR) is 173 cm³/mol. The molecule has 1 aromatic heterocycles. The number of para-hydroxylation sites is 2. The molecule has 10 heteroatoms. The Morgan fingerprint density at radius 1 is 1.05 bits per heavy atom. The zero-order chi connectivity index (χ0) is 31.4. The van der Waals surface area contributed by atoms with Gasteiger partial charge in [-0.2, -0.15) is 0 Å². The van der Waals surface area contributed by atoms with Gasteiger partial charge in [-0.15, -0.1) is 0 Å². The Morgan fingerprint density at radius 2 is 1.80 bits per heavy atom. The Kier molecular flexibility index (Phi) is 9.20. The van der Waals surface area contributed by atoms with E-state index in [1.54, 1.807) is 12.0 Å². The smallest absolute Gasteiger partial charge is 0.318 e. The molecule has 4 amide bonds. The number of hydrogen-bond acceptors (Lipinski definition) is 5. The lowest BCUT2D eigenvalue weighted by atomic mass is 9.92. The summed E-state index contributed by atoms with van der Waals surface area (Å²) in [5.74, 6) is -0.450. The molecule has 4 aromatic rings. The number of nitrogens with one attached hydrogen (secondary N) is 3. The van der Waals surface area contributed by atoms with Crippen molar-refractivity contribution in [3.05, 3.63) is 89.6 Å². The van der Waals surface area contributed by atoms with Crippen LogP contribution in [0.25, 0.3) is 10.9 Å². The summed E-state index contributed by atoms with van der Waals surface area (Å²) in [5.41, 5.74) is 5.19. The van der Waals surface area contributed by atoms with Gasteiger partial charge >= 0.3 is 6.03 Å². The average Bonchev–Trinajstić information content (AvgIpc) is 3.44. The van der Waals surface area contributed by atoms with Crippen molar-refractivity contribution < 1.29 is 19.1 Å². The maximum absolute atomic E-state index is 14.0. The number of fused-ring (bicyclic) bond motifs is 1. The molecule has 0 radical (unpaired) electrons. The van der Waals surface area contributed by atoms with Crippen LogP contribution in [0.1, 0.15) is 29.5 Å². The number of benzene rings is 3. The van der Waals surface area contributed by atoms with Crippen LogP contribution in [-0.4, -0.2) is 79.5 Å². The molecule has 0 unspecified atom stereocenters. The van der Waals surface area contributed by atoms with E-state index < -0.39 is 18.0 Å². The Balaban J connectivity index is 1.40. The Hall–Kier alpha value is -4.83. The standard InChI is InChI=1S/C34H40N6O4/c1-22-10-6-9-13-29(22)40-17-16-39(21-31(40)41)34(43)37-32(23(2)26-19-35-27-12-8-7-11-25(26)27)33(42)36-28-18-24(20-38(3)4)14-15-30(28)44-5/h6-15,18-19,23,32,35H,16-17,20-21H2,1-5H3,(H,36,42)(H,37,43)/t23-,32+/m0/s1. The van der Waals surface area contributed by atoms with E-state index in [2.05, 4.69) is 15.6 Å². The third-order valence-electron chi connectivity index (χ3n) is 8.11. The van der Waals surface area contributed by atoms with Crippen molar-refractivity contribution in [3.63, 3.8) is 0 Å². The number of nitrogens with zero attached hydrogens (tertiary/aromatic N) is 3. The third kappa shape index (κ3) is 6.55. The molecule has 2 heterocycles. The minimum atomic E-state index is -0.951. The molecule has 0 aliphatic carbocycles. The number of aromatic amines is 1. The second kappa shape index (κ2) is 13.2. The van der Waals surface area contributed by atoms with Crippen molar-refractivity contribution in [1.82, 2.24) is 20.1 Å². The molecule has 0 saturated carbocycles. The summed E-state index contributed by atoms with van der Waals surface area (Å²) >= 11 is 0. The molecule has 0 spiro atoms. The van der Waals surface area contributed by atoms with Gasteiger partial charge in [0.2, 0.25) is 11.8 Å². The summed E-state index contributed by atoms with van der Waals surface area (Å²) < 4.78 is 5.55. The fourth-order valence-electron chi connectivity index (χ4n) is 5.79. The molecule has 2 atom stereocenters. The summed E-state index contributed by atoms with van der Waals surface area (Å²) in [4.78, 5) is 49.4. The van der Waals surface area contributed by atoms with Crippen LogP contribution in [0.2, 0.25) is 0 Å². The fourth-order valence-corrected chi connectivity index (χ4v) is 5.79. The summed E-state index contributed by atoms with van der Waals surface area (Å²) in [6.45, 7) is 5.17. The number of amides is 4. The molecule has 0 bridgehead atoms. The van der Waals surface area contributed by atoms with Gasteiger partial charge in [-0.3, -0.25) is 9.59 Å². The Bertz CT molecular complexity index is 1660. The van der Waals surface area contributed by atoms with E-state index in [4.69, 9.17) is 4.74 Å². The molecule has 10 nitrogen and oxygen atoms in total. The highest BCUT2D eigenvalue weighted by Gasteiger charge is 2.34. The Morgan fingerprint density at radius 3 is 2.52 bits per heavy atom. The van der Waals surface area contributed by atoms with Crippen LogP contribution in [0, 0.1) is 6.92 Å². The number of H-pyrrole nitrogens is 1. The van der Waals surface area contributed by atoms with Crippen LogP contribution in [0.5, 0.6) is 5.75 Å². The second-order valence-electron chi connectivity index (χ2n) is 11.5. The number of rotatable bonds is 9. The van der Waals surface area contributed by atoms with Gasteiger partial charge < -0.3 is 35.1 Å². The lowest BCUT2D eigenvalue weighted by Crippen LogP contribution is -2.58. The normalized spacial score (nSPS) is 14.9. The van der Waals surface area contributed by atoms with Crippen molar-refractivity contribution in [1.29, 1.82) is 0 Å². The molecule has 1 aliphatic heterocycles. The van der Waals surface area contributed by atoms with Gasteiger partial charge in [-0.1, -0.05) is 49.4 Å². The van der Waals surface area contributed by atoms with E-state index >= 15 is 0 Å². The van der Waals surface area contributed by atoms with E-state index in [0.29, 0.717) is 31.1 Å². The van der Waals surface area contributed by atoms with E-state index in [-0.39, 0.29) is 18.4 Å². The largest absolute Gasteiger partial charge is 0.495 e. The zero-order valence-electron chi connectivity index (χ0n) is 25.9. The van der Waals surface area contributed by atoms with Crippen molar-refractivity contribution in [3.8, 4) is 5.75 Å². The summed E-state index contributed by atoms with van der Waals surface area (Å²) in [6.07, 6.45) is 1.88. The number of aromatic nitrogens is 1. The van der Waals surface area contributed by atoms with Crippen LogP contribution >= 0.6 is 0 Å². The van der Waals surface area contributed by atoms with Gasteiger partial charge in [0.1, 0.15) is 18.3 Å². The van der Waals surface area contributed by atoms with E-state index in [1.807, 2.05) is 106 Å². The maximum Gasteiger partial charge on any atom is 0.318 e. The highest BCUT2D eigenvalue weighted by atomic mass is 16.5. The summed E-state index contributed by atoms with van der Waals surface area (Å²) in [7, 11) is 5.50. The lowest BCUT2D eigenvalue weighted by Gasteiger charge is -2.36. The maximum atomic E-state index is 14.0. The highest BCUT2D eigenvalue weighted by molar-refractivity contribution is 6.01. The number of carbonyl (C=O) groups excluding carboxylic acids is 3. The van der Waals surface area contributed by atoms with Crippen molar-refractivity contribution in [2.75, 3.05) is 51.1 Å². The molecule has 1 saturated heterocycles.